The third-order valence-electron chi connectivity index (χ3n) is 4.23. The molecule has 0 aromatic carbocycles. The van der Waals surface area contributed by atoms with E-state index in [4.69, 9.17) is 0 Å². The van der Waals surface area contributed by atoms with E-state index < -0.39 is 0 Å². The normalized spacial score (nSPS) is 25.4. The van der Waals surface area contributed by atoms with Crippen molar-refractivity contribution in [2.45, 2.75) is 45.7 Å². The number of aromatic nitrogens is 2. The molecule has 0 radical (unpaired) electrons. The molecule has 2 unspecified atom stereocenters. The van der Waals surface area contributed by atoms with E-state index in [0.717, 1.165) is 19.6 Å². The van der Waals surface area contributed by atoms with Gasteiger partial charge in [-0.1, -0.05) is 13.3 Å². The molecular weight excluding hydrogens is 236 g/mol. The molecule has 108 valence electrons. The van der Waals surface area contributed by atoms with Crippen LogP contribution in [0.5, 0.6) is 0 Å². The Bertz CT molecular complexity index is 374. The van der Waals surface area contributed by atoms with E-state index in [1.807, 2.05) is 4.68 Å². The first kappa shape index (κ1) is 14.5. The van der Waals surface area contributed by atoms with E-state index in [9.17, 15) is 0 Å². The average molecular weight is 264 g/mol. The lowest BCUT2D eigenvalue weighted by Crippen LogP contribution is -2.34. The smallest absolute Gasteiger partial charge is 0.0537 e. The first-order valence-electron chi connectivity index (χ1n) is 7.69. The number of hydrogen-bond acceptors (Lipinski definition) is 3. The number of rotatable bonds is 5. The van der Waals surface area contributed by atoms with Crippen molar-refractivity contribution in [2.75, 3.05) is 26.7 Å². The number of hydrogen-bond donors (Lipinski definition) is 1. The minimum atomic E-state index is 0.516. The first-order chi connectivity index (χ1) is 9.26. The van der Waals surface area contributed by atoms with Gasteiger partial charge in [0.1, 0.15) is 0 Å². The summed E-state index contributed by atoms with van der Waals surface area (Å²) in [5, 5.41) is 7.99. The van der Waals surface area contributed by atoms with Gasteiger partial charge < -0.3 is 5.32 Å². The molecule has 1 N–H and O–H groups in total. The van der Waals surface area contributed by atoms with Gasteiger partial charge in [0.05, 0.1) is 6.20 Å². The Morgan fingerprint density at radius 1 is 1.37 bits per heavy atom. The minimum absolute atomic E-state index is 0.516. The van der Waals surface area contributed by atoms with E-state index in [0.29, 0.717) is 12.0 Å². The van der Waals surface area contributed by atoms with Gasteiger partial charge in [-0.25, -0.2) is 0 Å². The number of aryl methyl sites for hydroxylation is 1. The number of likely N-dealkylation sites (tertiary alicyclic amines) is 1. The highest BCUT2D eigenvalue weighted by atomic mass is 15.3. The van der Waals surface area contributed by atoms with Crippen LogP contribution in [0.1, 0.15) is 44.7 Å². The zero-order valence-corrected chi connectivity index (χ0v) is 12.6. The molecule has 0 saturated carbocycles. The molecule has 19 heavy (non-hydrogen) atoms. The van der Waals surface area contributed by atoms with Gasteiger partial charge >= 0.3 is 0 Å². The van der Waals surface area contributed by atoms with Crippen LogP contribution in [-0.2, 0) is 6.54 Å². The molecule has 2 heterocycles. The maximum Gasteiger partial charge on any atom is 0.0537 e. The van der Waals surface area contributed by atoms with Crippen LogP contribution < -0.4 is 5.32 Å². The van der Waals surface area contributed by atoms with Gasteiger partial charge in [0.25, 0.3) is 0 Å². The van der Waals surface area contributed by atoms with E-state index in [1.54, 1.807) is 0 Å². The fraction of sp³-hybridized carbons (Fsp3) is 0.800. The van der Waals surface area contributed by atoms with Gasteiger partial charge in [-0.3, -0.25) is 9.58 Å². The Hall–Kier alpha value is -0.870. The maximum atomic E-state index is 4.46. The Morgan fingerprint density at radius 3 is 2.89 bits per heavy atom. The molecule has 2 atom stereocenters. The monoisotopic (exact) mass is 264 g/mol. The predicted molar refractivity (Wildman–Crippen MR) is 79.2 cm³/mol. The highest BCUT2D eigenvalue weighted by molar-refractivity contribution is 5.13. The van der Waals surface area contributed by atoms with Crippen LogP contribution in [0.25, 0.3) is 0 Å². The molecule has 1 aliphatic heterocycles. The van der Waals surface area contributed by atoms with Crippen molar-refractivity contribution in [3.8, 4) is 0 Å². The van der Waals surface area contributed by atoms with Crippen LogP contribution in [0.3, 0.4) is 0 Å². The lowest BCUT2D eigenvalue weighted by Gasteiger charge is -2.32. The quantitative estimate of drug-likeness (QED) is 0.886. The van der Waals surface area contributed by atoms with E-state index in [2.05, 4.69) is 48.6 Å². The van der Waals surface area contributed by atoms with E-state index >= 15 is 0 Å². The summed E-state index contributed by atoms with van der Waals surface area (Å²) in [5.41, 5.74) is 1.38. The molecular formula is C15H28N4. The van der Waals surface area contributed by atoms with Crippen LogP contribution in [0.4, 0.5) is 0 Å². The van der Waals surface area contributed by atoms with Crippen molar-refractivity contribution in [2.24, 2.45) is 5.92 Å². The van der Waals surface area contributed by atoms with Gasteiger partial charge in [0, 0.05) is 24.3 Å². The zero-order valence-electron chi connectivity index (χ0n) is 12.6. The van der Waals surface area contributed by atoms with Gasteiger partial charge in [-0.05, 0) is 52.4 Å². The molecule has 0 aliphatic carbocycles. The summed E-state index contributed by atoms with van der Waals surface area (Å²) >= 11 is 0. The molecule has 0 spiro atoms. The van der Waals surface area contributed by atoms with Crippen LogP contribution in [0.2, 0.25) is 0 Å². The Kier molecular flexibility index (Phi) is 5.40. The van der Waals surface area contributed by atoms with E-state index in [1.165, 1.54) is 31.4 Å². The second-order valence-electron chi connectivity index (χ2n) is 5.62. The molecule has 4 nitrogen and oxygen atoms in total. The molecule has 4 heteroatoms. The van der Waals surface area contributed by atoms with Crippen molar-refractivity contribution in [1.29, 1.82) is 0 Å². The van der Waals surface area contributed by atoms with Gasteiger partial charge in [-0.15, -0.1) is 0 Å². The third kappa shape index (κ3) is 3.57. The SMILES string of the molecule is CCNCC1CCCCN(C)C1c1cnn(CC)c1. The Balaban J connectivity index is 2.17. The molecule has 1 fully saturated rings. The fourth-order valence-electron chi connectivity index (χ4n) is 3.20. The minimum Gasteiger partial charge on any atom is -0.317 e. The molecule has 0 amide bonds. The Labute approximate surface area is 117 Å². The molecule has 1 aliphatic rings. The lowest BCUT2D eigenvalue weighted by atomic mass is 9.91. The topological polar surface area (TPSA) is 33.1 Å². The zero-order chi connectivity index (χ0) is 13.7. The molecule has 0 bridgehead atoms. The van der Waals surface area contributed by atoms with Crippen molar-refractivity contribution >= 4 is 0 Å². The second-order valence-corrected chi connectivity index (χ2v) is 5.62. The maximum absolute atomic E-state index is 4.46. The van der Waals surface area contributed by atoms with Crippen molar-refractivity contribution in [3.05, 3.63) is 18.0 Å². The van der Waals surface area contributed by atoms with Crippen LogP contribution >= 0.6 is 0 Å². The molecule has 2 rings (SSSR count). The fourth-order valence-corrected chi connectivity index (χ4v) is 3.20. The Morgan fingerprint density at radius 2 is 2.21 bits per heavy atom. The van der Waals surface area contributed by atoms with Gasteiger partial charge in [0.2, 0.25) is 0 Å². The predicted octanol–water partition coefficient (Wildman–Crippen LogP) is 2.29. The van der Waals surface area contributed by atoms with Crippen molar-refractivity contribution < 1.29 is 0 Å². The molecule has 1 saturated heterocycles. The number of nitrogens with one attached hydrogen (secondary N) is 1. The molecule has 1 aromatic heterocycles. The highest BCUT2D eigenvalue weighted by Crippen LogP contribution is 2.33. The number of nitrogens with zero attached hydrogens (tertiary/aromatic N) is 3. The largest absolute Gasteiger partial charge is 0.317 e. The first-order valence-corrected chi connectivity index (χ1v) is 7.69. The summed E-state index contributed by atoms with van der Waals surface area (Å²) in [6, 6.07) is 0.516. The van der Waals surface area contributed by atoms with Crippen LogP contribution in [0.15, 0.2) is 12.4 Å². The van der Waals surface area contributed by atoms with E-state index in [-0.39, 0.29) is 0 Å². The molecule has 1 aromatic rings. The highest BCUT2D eigenvalue weighted by Gasteiger charge is 2.29. The summed E-state index contributed by atoms with van der Waals surface area (Å²) in [6.45, 7) is 8.65. The second kappa shape index (κ2) is 7.06. The summed E-state index contributed by atoms with van der Waals surface area (Å²) in [6.07, 6.45) is 8.27. The van der Waals surface area contributed by atoms with Gasteiger partial charge in [0.15, 0.2) is 0 Å². The summed E-state index contributed by atoms with van der Waals surface area (Å²) in [5.74, 6) is 0.696. The average Bonchev–Trinajstić information content (AvgIpc) is 2.81. The van der Waals surface area contributed by atoms with Crippen LogP contribution in [0, 0.1) is 5.92 Å². The summed E-state index contributed by atoms with van der Waals surface area (Å²) in [4.78, 5) is 2.52. The van der Waals surface area contributed by atoms with Crippen molar-refractivity contribution in [3.63, 3.8) is 0 Å². The summed E-state index contributed by atoms with van der Waals surface area (Å²) in [7, 11) is 2.26. The standard InChI is InChI=1S/C15H28N4/c1-4-16-10-13-8-6-7-9-18(3)15(13)14-11-17-19(5-2)12-14/h11-13,15-16H,4-10H2,1-3H3. The van der Waals surface area contributed by atoms with Crippen LogP contribution in [-0.4, -0.2) is 41.4 Å². The summed E-state index contributed by atoms with van der Waals surface area (Å²) < 4.78 is 2.04. The third-order valence-corrected chi connectivity index (χ3v) is 4.23. The van der Waals surface area contributed by atoms with Crippen molar-refractivity contribution in [1.82, 2.24) is 20.0 Å². The lowest BCUT2D eigenvalue weighted by molar-refractivity contribution is 0.189. The van der Waals surface area contributed by atoms with Gasteiger partial charge in [-0.2, -0.15) is 5.10 Å².